The number of halogens is 2. The van der Waals surface area contributed by atoms with Crippen molar-refractivity contribution in [2.75, 3.05) is 27.4 Å². The van der Waals surface area contributed by atoms with Crippen LogP contribution in [0, 0.1) is 5.82 Å². The molecular formula is C15H21ClFNO2. The molecule has 1 aromatic carbocycles. The van der Waals surface area contributed by atoms with Gasteiger partial charge in [0.2, 0.25) is 0 Å². The van der Waals surface area contributed by atoms with E-state index in [1.165, 1.54) is 6.07 Å². The molecule has 1 aromatic rings. The van der Waals surface area contributed by atoms with Gasteiger partial charge in [-0.05, 0) is 31.2 Å². The summed E-state index contributed by atoms with van der Waals surface area (Å²) in [4.78, 5) is 0. The summed E-state index contributed by atoms with van der Waals surface area (Å²) in [6.45, 7) is 1.41. The summed E-state index contributed by atoms with van der Waals surface area (Å²) in [5, 5.41) is 3.49. The zero-order valence-corrected chi connectivity index (χ0v) is 12.7. The first-order valence-electron chi connectivity index (χ1n) is 6.85. The molecular weight excluding hydrogens is 281 g/mol. The second-order valence-corrected chi connectivity index (χ2v) is 5.58. The van der Waals surface area contributed by atoms with Gasteiger partial charge in [-0.1, -0.05) is 17.7 Å². The third-order valence-electron chi connectivity index (χ3n) is 4.15. The molecule has 1 aliphatic heterocycles. The van der Waals surface area contributed by atoms with Gasteiger partial charge in [-0.25, -0.2) is 4.39 Å². The number of ether oxygens (including phenoxy) is 2. The Hall–Kier alpha value is -0.680. The van der Waals surface area contributed by atoms with Gasteiger partial charge in [-0.15, -0.1) is 0 Å². The van der Waals surface area contributed by atoms with Crippen LogP contribution in [0.5, 0.6) is 0 Å². The van der Waals surface area contributed by atoms with Crippen LogP contribution in [0.4, 0.5) is 4.39 Å². The Bertz CT molecular complexity index is 449. The van der Waals surface area contributed by atoms with Crippen LogP contribution in [0.25, 0.3) is 0 Å². The Labute approximate surface area is 124 Å². The topological polar surface area (TPSA) is 30.5 Å². The molecule has 5 heteroatoms. The summed E-state index contributed by atoms with van der Waals surface area (Å²) in [5.74, 6) is -0.385. The van der Waals surface area contributed by atoms with Crippen molar-refractivity contribution < 1.29 is 13.9 Å². The molecule has 20 heavy (non-hydrogen) atoms. The van der Waals surface area contributed by atoms with Crippen LogP contribution >= 0.6 is 11.6 Å². The highest BCUT2D eigenvalue weighted by molar-refractivity contribution is 6.30. The van der Waals surface area contributed by atoms with Gasteiger partial charge >= 0.3 is 0 Å². The molecule has 2 rings (SSSR count). The van der Waals surface area contributed by atoms with Gasteiger partial charge < -0.3 is 14.8 Å². The smallest absolute Gasteiger partial charge is 0.141 e. The highest BCUT2D eigenvalue weighted by atomic mass is 35.5. The first-order valence-corrected chi connectivity index (χ1v) is 7.23. The second-order valence-electron chi connectivity index (χ2n) is 5.18. The molecule has 0 saturated carbocycles. The fourth-order valence-electron chi connectivity index (χ4n) is 2.87. The van der Waals surface area contributed by atoms with E-state index in [1.807, 2.05) is 7.05 Å². The SMILES string of the molecule is CNC(Cc1ccc(F)c(Cl)c1)C1(OC)CCOCC1. The number of hydrogen-bond acceptors (Lipinski definition) is 3. The van der Waals surface area contributed by atoms with E-state index in [0.29, 0.717) is 13.2 Å². The second kappa shape index (κ2) is 6.85. The molecule has 0 radical (unpaired) electrons. The Morgan fingerprint density at radius 3 is 2.70 bits per heavy atom. The zero-order valence-electron chi connectivity index (χ0n) is 11.9. The van der Waals surface area contributed by atoms with Crippen molar-refractivity contribution in [3.63, 3.8) is 0 Å². The van der Waals surface area contributed by atoms with Crippen molar-refractivity contribution in [3.05, 3.63) is 34.6 Å². The number of nitrogens with one attached hydrogen (secondary N) is 1. The van der Waals surface area contributed by atoms with Crippen LogP contribution in [-0.4, -0.2) is 39.0 Å². The number of benzene rings is 1. The van der Waals surface area contributed by atoms with Gasteiger partial charge in [0.1, 0.15) is 5.82 Å². The van der Waals surface area contributed by atoms with Crippen LogP contribution in [0.15, 0.2) is 18.2 Å². The molecule has 3 nitrogen and oxygen atoms in total. The molecule has 1 N–H and O–H groups in total. The highest BCUT2D eigenvalue weighted by Gasteiger charge is 2.39. The van der Waals surface area contributed by atoms with E-state index in [9.17, 15) is 4.39 Å². The third-order valence-corrected chi connectivity index (χ3v) is 4.44. The first-order chi connectivity index (χ1) is 9.61. The van der Waals surface area contributed by atoms with E-state index in [1.54, 1.807) is 19.2 Å². The highest BCUT2D eigenvalue weighted by Crippen LogP contribution is 2.30. The van der Waals surface area contributed by atoms with Crippen molar-refractivity contribution in [2.45, 2.75) is 30.9 Å². The minimum absolute atomic E-state index is 0.137. The summed E-state index contributed by atoms with van der Waals surface area (Å²) in [6, 6.07) is 5.00. The maximum Gasteiger partial charge on any atom is 0.141 e. The molecule has 0 aromatic heterocycles. The Morgan fingerprint density at radius 2 is 2.15 bits per heavy atom. The normalized spacial score (nSPS) is 19.8. The van der Waals surface area contributed by atoms with Crippen LogP contribution < -0.4 is 5.32 Å². The minimum atomic E-state index is -0.385. The number of hydrogen-bond donors (Lipinski definition) is 1. The summed E-state index contributed by atoms with van der Waals surface area (Å²) >= 11 is 5.85. The summed E-state index contributed by atoms with van der Waals surface area (Å²) in [7, 11) is 3.67. The van der Waals surface area contributed by atoms with E-state index >= 15 is 0 Å². The standard InChI is InChI=1S/C15H21ClFNO2/c1-18-14(15(19-2)5-7-20-8-6-15)10-11-3-4-13(17)12(16)9-11/h3-4,9,14,18H,5-8,10H2,1-2H3. The van der Waals surface area contributed by atoms with Crippen molar-refractivity contribution in [1.82, 2.24) is 5.32 Å². The molecule has 1 fully saturated rings. The van der Waals surface area contributed by atoms with E-state index < -0.39 is 0 Å². The zero-order chi connectivity index (χ0) is 14.6. The quantitative estimate of drug-likeness (QED) is 0.907. The van der Waals surface area contributed by atoms with Crippen LogP contribution in [0.3, 0.4) is 0 Å². The van der Waals surface area contributed by atoms with Crippen LogP contribution in [0.1, 0.15) is 18.4 Å². The summed E-state index contributed by atoms with van der Waals surface area (Å²) < 4.78 is 24.5. The Balaban J connectivity index is 2.16. The van der Waals surface area contributed by atoms with Crippen molar-refractivity contribution in [3.8, 4) is 0 Å². The fraction of sp³-hybridized carbons (Fsp3) is 0.600. The maximum absolute atomic E-state index is 13.2. The van der Waals surface area contributed by atoms with Crippen LogP contribution in [0.2, 0.25) is 5.02 Å². The lowest BCUT2D eigenvalue weighted by Gasteiger charge is -2.42. The molecule has 1 heterocycles. The van der Waals surface area contributed by atoms with E-state index in [-0.39, 0.29) is 22.5 Å². The summed E-state index contributed by atoms with van der Waals surface area (Å²) in [6.07, 6.45) is 2.44. The Morgan fingerprint density at radius 1 is 1.45 bits per heavy atom. The molecule has 0 spiro atoms. The lowest BCUT2D eigenvalue weighted by atomic mass is 9.82. The minimum Gasteiger partial charge on any atom is -0.381 e. The van der Waals surface area contributed by atoms with E-state index in [2.05, 4.69) is 5.32 Å². The lowest BCUT2D eigenvalue weighted by Crippen LogP contribution is -2.55. The summed E-state index contributed by atoms with van der Waals surface area (Å²) in [5.41, 5.74) is 0.757. The lowest BCUT2D eigenvalue weighted by molar-refractivity contribution is -0.109. The van der Waals surface area contributed by atoms with E-state index in [0.717, 1.165) is 24.8 Å². The molecule has 1 unspecified atom stereocenters. The number of methoxy groups -OCH3 is 1. The predicted octanol–water partition coefficient (Wildman–Crippen LogP) is 2.81. The predicted molar refractivity (Wildman–Crippen MR) is 77.8 cm³/mol. The molecule has 1 atom stereocenters. The molecule has 0 amide bonds. The molecule has 0 aliphatic carbocycles. The Kier molecular flexibility index (Phi) is 5.38. The molecule has 0 bridgehead atoms. The number of likely N-dealkylation sites (N-methyl/N-ethyl adjacent to an activating group) is 1. The van der Waals surface area contributed by atoms with Crippen molar-refractivity contribution in [2.24, 2.45) is 0 Å². The third kappa shape index (κ3) is 3.31. The average molecular weight is 302 g/mol. The molecule has 112 valence electrons. The number of rotatable bonds is 5. The van der Waals surface area contributed by atoms with E-state index in [4.69, 9.17) is 21.1 Å². The first kappa shape index (κ1) is 15.7. The van der Waals surface area contributed by atoms with Gasteiger partial charge in [0.15, 0.2) is 0 Å². The van der Waals surface area contributed by atoms with Crippen molar-refractivity contribution >= 4 is 11.6 Å². The van der Waals surface area contributed by atoms with Gasteiger partial charge in [0.25, 0.3) is 0 Å². The molecule has 1 saturated heterocycles. The van der Waals surface area contributed by atoms with Gasteiger partial charge in [-0.2, -0.15) is 0 Å². The fourth-order valence-corrected chi connectivity index (χ4v) is 3.07. The van der Waals surface area contributed by atoms with Gasteiger partial charge in [-0.3, -0.25) is 0 Å². The van der Waals surface area contributed by atoms with Crippen molar-refractivity contribution in [1.29, 1.82) is 0 Å². The average Bonchev–Trinajstić information content (AvgIpc) is 2.49. The van der Waals surface area contributed by atoms with Crippen LogP contribution in [-0.2, 0) is 15.9 Å². The molecule has 1 aliphatic rings. The monoisotopic (exact) mass is 301 g/mol. The van der Waals surface area contributed by atoms with Gasteiger partial charge in [0.05, 0.1) is 10.6 Å². The maximum atomic E-state index is 13.2. The van der Waals surface area contributed by atoms with Gasteiger partial charge in [0, 0.05) is 39.2 Å². The largest absolute Gasteiger partial charge is 0.381 e.